The smallest absolute Gasteiger partial charge is 0.331 e. The van der Waals surface area contributed by atoms with Crippen LogP contribution in [0.4, 0.5) is 0 Å². The summed E-state index contributed by atoms with van der Waals surface area (Å²) >= 11 is 0. The second kappa shape index (κ2) is 8.54. The van der Waals surface area contributed by atoms with E-state index in [9.17, 15) is 9.59 Å². The summed E-state index contributed by atoms with van der Waals surface area (Å²) in [4.78, 5) is 23.6. The maximum atomic E-state index is 12.1. The van der Waals surface area contributed by atoms with Gasteiger partial charge in [0.2, 0.25) is 6.10 Å². The number of benzene rings is 2. The molecule has 0 aromatic heterocycles. The summed E-state index contributed by atoms with van der Waals surface area (Å²) in [6.45, 7) is 0. The third kappa shape index (κ3) is 4.60. The van der Waals surface area contributed by atoms with Crippen molar-refractivity contribution < 1.29 is 23.8 Å². The van der Waals surface area contributed by atoms with Gasteiger partial charge in [0.05, 0.1) is 14.2 Å². The van der Waals surface area contributed by atoms with E-state index in [-0.39, 0.29) is 0 Å². The van der Waals surface area contributed by atoms with Crippen LogP contribution in [0.1, 0.15) is 17.2 Å². The standard InChI is InChI=1S/C19H19NO5/c1-23-15-10-6-9-14(17(15)24-2)11-12-16(21)25-18(19(20)22)13-7-4-3-5-8-13/h3-12,18H,1-2H3,(H2,20,22)/b12-11+. The molecule has 0 fully saturated rings. The summed E-state index contributed by atoms with van der Waals surface area (Å²) in [7, 11) is 3.03. The van der Waals surface area contributed by atoms with Crippen molar-refractivity contribution in [2.75, 3.05) is 14.2 Å². The highest BCUT2D eigenvalue weighted by Gasteiger charge is 2.21. The van der Waals surface area contributed by atoms with Gasteiger partial charge in [-0.3, -0.25) is 4.79 Å². The summed E-state index contributed by atoms with van der Waals surface area (Å²) in [6, 6.07) is 13.9. The summed E-state index contributed by atoms with van der Waals surface area (Å²) < 4.78 is 15.7. The lowest BCUT2D eigenvalue weighted by Gasteiger charge is -2.13. The third-order valence-corrected chi connectivity index (χ3v) is 3.43. The van der Waals surface area contributed by atoms with Crippen molar-refractivity contribution in [1.29, 1.82) is 0 Å². The first-order chi connectivity index (χ1) is 12.1. The van der Waals surface area contributed by atoms with Crippen LogP contribution in [0, 0.1) is 0 Å². The first-order valence-corrected chi connectivity index (χ1v) is 7.50. The highest BCUT2D eigenvalue weighted by Crippen LogP contribution is 2.31. The van der Waals surface area contributed by atoms with E-state index in [0.29, 0.717) is 22.6 Å². The molecule has 0 radical (unpaired) electrons. The molecule has 6 heteroatoms. The van der Waals surface area contributed by atoms with Crippen LogP contribution >= 0.6 is 0 Å². The molecule has 2 aromatic rings. The second-order valence-corrected chi connectivity index (χ2v) is 5.05. The van der Waals surface area contributed by atoms with Gasteiger partial charge in [0.25, 0.3) is 5.91 Å². The summed E-state index contributed by atoms with van der Waals surface area (Å²) in [6.07, 6.45) is 1.58. The van der Waals surface area contributed by atoms with Gasteiger partial charge >= 0.3 is 5.97 Å². The second-order valence-electron chi connectivity index (χ2n) is 5.05. The predicted octanol–water partition coefficient (Wildman–Crippen LogP) is 2.49. The number of carbonyl (C=O) groups is 2. The van der Waals surface area contributed by atoms with Gasteiger partial charge < -0.3 is 19.9 Å². The number of ether oxygens (including phenoxy) is 3. The molecular weight excluding hydrogens is 322 g/mol. The number of amides is 1. The van der Waals surface area contributed by atoms with Gasteiger partial charge in [0, 0.05) is 17.2 Å². The number of hydrogen-bond donors (Lipinski definition) is 1. The van der Waals surface area contributed by atoms with Crippen LogP contribution < -0.4 is 15.2 Å². The Balaban J connectivity index is 2.16. The van der Waals surface area contributed by atoms with E-state index >= 15 is 0 Å². The fraction of sp³-hybridized carbons (Fsp3) is 0.158. The Kier molecular flexibility index (Phi) is 6.17. The van der Waals surface area contributed by atoms with E-state index in [1.165, 1.54) is 26.4 Å². The lowest BCUT2D eigenvalue weighted by Crippen LogP contribution is -2.25. The summed E-state index contributed by atoms with van der Waals surface area (Å²) in [5.41, 5.74) is 6.47. The Morgan fingerprint density at radius 3 is 2.32 bits per heavy atom. The number of primary amides is 1. The van der Waals surface area contributed by atoms with Crippen molar-refractivity contribution in [2.24, 2.45) is 5.73 Å². The molecule has 0 heterocycles. The van der Waals surface area contributed by atoms with Crippen molar-refractivity contribution in [3.8, 4) is 11.5 Å². The quantitative estimate of drug-likeness (QED) is 0.617. The van der Waals surface area contributed by atoms with E-state index in [4.69, 9.17) is 19.9 Å². The van der Waals surface area contributed by atoms with Gasteiger partial charge in [-0.2, -0.15) is 0 Å². The first kappa shape index (κ1) is 18.1. The van der Waals surface area contributed by atoms with E-state index < -0.39 is 18.0 Å². The molecule has 1 amide bonds. The Bertz CT molecular complexity index is 771. The SMILES string of the molecule is COc1cccc(/C=C/C(=O)OC(C(N)=O)c2ccccc2)c1OC. The number of nitrogens with two attached hydrogens (primary N) is 1. The zero-order valence-electron chi connectivity index (χ0n) is 14.0. The molecule has 0 bridgehead atoms. The molecule has 2 aromatic carbocycles. The van der Waals surface area contributed by atoms with E-state index in [2.05, 4.69) is 0 Å². The third-order valence-electron chi connectivity index (χ3n) is 3.43. The Labute approximate surface area is 145 Å². The van der Waals surface area contributed by atoms with Crippen LogP contribution in [0.15, 0.2) is 54.6 Å². The monoisotopic (exact) mass is 341 g/mol. The number of rotatable bonds is 7. The van der Waals surface area contributed by atoms with Crippen molar-refractivity contribution in [3.05, 3.63) is 65.7 Å². The lowest BCUT2D eigenvalue weighted by molar-refractivity contribution is -0.150. The predicted molar refractivity (Wildman–Crippen MR) is 93.0 cm³/mol. The first-order valence-electron chi connectivity index (χ1n) is 7.50. The molecule has 1 atom stereocenters. The molecule has 0 aliphatic carbocycles. The van der Waals surface area contributed by atoms with Crippen molar-refractivity contribution >= 4 is 18.0 Å². The van der Waals surface area contributed by atoms with Crippen molar-refractivity contribution in [1.82, 2.24) is 0 Å². The number of methoxy groups -OCH3 is 2. The van der Waals surface area contributed by atoms with Gasteiger partial charge in [-0.1, -0.05) is 42.5 Å². The zero-order valence-corrected chi connectivity index (χ0v) is 14.0. The molecule has 0 spiro atoms. The molecule has 0 saturated heterocycles. The molecule has 0 aliphatic rings. The van der Waals surface area contributed by atoms with Crippen LogP contribution in [0.2, 0.25) is 0 Å². The molecule has 1 unspecified atom stereocenters. The maximum Gasteiger partial charge on any atom is 0.331 e. The molecule has 2 N–H and O–H groups in total. The average Bonchev–Trinajstić information content (AvgIpc) is 2.64. The van der Waals surface area contributed by atoms with Crippen molar-refractivity contribution in [2.45, 2.75) is 6.10 Å². The molecular formula is C19H19NO5. The van der Waals surface area contributed by atoms with E-state index in [0.717, 1.165) is 0 Å². The number of carbonyl (C=O) groups excluding carboxylic acids is 2. The van der Waals surface area contributed by atoms with Crippen LogP contribution in [0.5, 0.6) is 11.5 Å². The zero-order chi connectivity index (χ0) is 18.2. The van der Waals surface area contributed by atoms with Crippen LogP contribution in [-0.4, -0.2) is 26.1 Å². The summed E-state index contributed by atoms with van der Waals surface area (Å²) in [5.74, 6) is -0.412. The Hall–Kier alpha value is -3.28. The van der Waals surface area contributed by atoms with E-state index in [1.54, 1.807) is 48.5 Å². The number of para-hydroxylation sites is 1. The maximum absolute atomic E-state index is 12.1. The van der Waals surface area contributed by atoms with Gasteiger partial charge in [-0.05, 0) is 12.1 Å². The fourth-order valence-corrected chi connectivity index (χ4v) is 2.27. The average molecular weight is 341 g/mol. The Morgan fingerprint density at radius 2 is 1.72 bits per heavy atom. The minimum absolute atomic E-state index is 0.489. The largest absolute Gasteiger partial charge is 0.493 e. The van der Waals surface area contributed by atoms with E-state index in [1.807, 2.05) is 0 Å². The van der Waals surface area contributed by atoms with Gasteiger partial charge in [0.15, 0.2) is 11.5 Å². The molecule has 130 valence electrons. The molecule has 25 heavy (non-hydrogen) atoms. The topological polar surface area (TPSA) is 87.9 Å². The minimum Gasteiger partial charge on any atom is -0.493 e. The highest BCUT2D eigenvalue weighted by atomic mass is 16.5. The lowest BCUT2D eigenvalue weighted by atomic mass is 10.1. The fourth-order valence-electron chi connectivity index (χ4n) is 2.27. The highest BCUT2D eigenvalue weighted by molar-refractivity contribution is 5.91. The molecule has 0 saturated carbocycles. The Morgan fingerprint density at radius 1 is 1.00 bits per heavy atom. The summed E-state index contributed by atoms with van der Waals surface area (Å²) in [5, 5.41) is 0. The van der Waals surface area contributed by atoms with Gasteiger partial charge in [0.1, 0.15) is 0 Å². The van der Waals surface area contributed by atoms with Crippen LogP contribution in [0.25, 0.3) is 6.08 Å². The normalized spacial score (nSPS) is 11.8. The van der Waals surface area contributed by atoms with Crippen molar-refractivity contribution in [3.63, 3.8) is 0 Å². The molecule has 6 nitrogen and oxygen atoms in total. The van der Waals surface area contributed by atoms with Crippen LogP contribution in [0.3, 0.4) is 0 Å². The number of hydrogen-bond acceptors (Lipinski definition) is 5. The minimum atomic E-state index is -1.15. The van der Waals surface area contributed by atoms with Gasteiger partial charge in [-0.15, -0.1) is 0 Å². The molecule has 2 rings (SSSR count). The molecule has 0 aliphatic heterocycles. The number of esters is 1. The van der Waals surface area contributed by atoms with Crippen LogP contribution in [-0.2, 0) is 14.3 Å². The van der Waals surface area contributed by atoms with Gasteiger partial charge in [-0.25, -0.2) is 4.79 Å².